The largest absolute Gasteiger partial charge is 0.497 e. The minimum absolute atomic E-state index is 0.0199. The molecule has 4 N–H and O–H groups in total. The van der Waals surface area contributed by atoms with Crippen LogP contribution in [0.2, 0.25) is 0 Å². The summed E-state index contributed by atoms with van der Waals surface area (Å²) >= 11 is 0. The fraction of sp³-hybridized carbons (Fsp3) is 0.556. The second kappa shape index (κ2) is 12.9. The maximum atomic E-state index is 14.2. The number of aliphatic hydroxyl groups is 2. The number of β-amino-alcohol motifs (C(OH)–C–C–N with tert-alkyl or cyclic N) is 1. The summed E-state index contributed by atoms with van der Waals surface area (Å²) < 4.78 is 5.32. The lowest BCUT2D eigenvalue weighted by Gasteiger charge is -2.47. The maximum absolute atomic E-state index is 14.2. The molecule has 1 aliphatic heterocycles. The van der Waals surface area contributed by atoms with E-state index < -0.39 is 17.1 Å². The van der Waals surface area contributed by atoms with Gasteiger partial charge in [0.25, 0.3) is 0 Å². The molecule has 4 unspecified atom stereocenters. The van der Waals surface area contributed by atoms with E-state index >= 15 is 0 Å². The number of benzene rings is 2. The Morgan fingerprint density at radius 1 is 1.05 bits per heavy atom. The van der Waals surface area contributed by atoms with Crippen molar-refractivity contribution in [2.75, 3.05) is 26.7 Å². The topological polar surface area (TPSA) is 113 Å². The average Bonchev–Trinajstić information content (AvgIpc) is 3.24. The van der Waals surface area contributed by atoms with Gasteiger partial charge in [-0.05, 0) is 125 Å². The second-order valence-corrected chi connectivity index (χ2v) is 13.5. The van der Waals surface area contributed by atoms with Gasteiger partial charge in [0.2, 0.25) is 5.91 Å². The van der Waals surface area contributed by atoms with E-state index in [0.29, 0.717) is 42.7 Å². The SMILES string of the molecule is COc1ccc(C(=O)c2cc3ccc2C2CCC(O)(CN4CCC(C(N)=O)CC4)C2(C)CCC=C(C)CCC(O)C3)cc1. The van der Waals surface area contributed by atoms with Gasteiger partial charge in [-0.3, -0.25) is 9.59 Å². The number of nitrogens with zero attached hydrogens (tertiary/aromatic N) is 1. The van der Waals surface area contributed by atoms with Crippen LogP contribution in [-0.2, 0) is 11.2 Å². The van der Waals surface area contributed by atoms with Gasteiger partial charge in [-0.1, -0.05) is 30.7 Å². The van der Waals surface area contributed by atoms with Gasteiger partial charge in [0.05, 0.1) is 18.8 Å². The van der Waals surface area contributed by atoms with Crippen molar-refractivity contribution < 1.29 is 24.5 Å². The molecular weight excluding hydrogens is 540 g/mol. The maximum Gasteiger partial charge on any atom is 0.220 e. The molecule has 4 aliphatic rings. The minimum Gasteiger partial charge on any atom is -0.497 e. The number of hydrogen-bond donors (Lipinski definition) is 3. The first kappa shape index (κ1) is 31.4. The summed E-state index contributed by atoms with van der Waals surface area (Å²) in [6.07, 6.45) is 8.22. The second-order valence-electron chi connectivity index (χ2n) is 13.5. The van der Waals surface area contributed by atoms with Crippen molar-refractivity contribution in [3.8, 4) is 5.75 Å². The van der Waals surface area contributed by atoms with Crippen LogP contribution in [-0.4, -0.2) is 65.3 Å². The lowest BCUT2D eigenvalue weighted by molar-refractivity contribution is -0.124. The predicted molar refractivity (Wildman–Crippen MR) is 168 cm³/mol. The van der Waals surface area contributed by atoms with Crippen molar-refractivity contribution >= 4 is 11.7 Å². The Morgan fingerprint density at radius 3 is 2.44 bits per heavy atom. The first-order valence-electron chi connectivity index (χ1n) is 15.9. The van der Waals surface area contributed by atoms with Crippen molar-refractivity contribution in [2.24, 2.45) is 17.1 Å². The molecule has 4 atom stereocenters. The van der Waals surface area contributed by atoms with E-state index in [0.717, 1.165) is 62.7 Å². The zero-order chi connectivity index (χ0) is 30.8. The molecule has 0 spiro atoms. The molecule has 2 aromatic rings. The molecule has 0 radical (unpaired) electrons. The van der Waals surface area contributed by atoms with E-state index in [2.05, 4.69) is 37.0 Å². The van der Waals surface area contributed by atoms with E-state index in [1.807, 2.05) is 6.07 Å². The third-order valence-corrected chi connectivity index (χ3v) is 10.7. The smallest absolute Gasteiger partial charge is 0.220 e. The highest BCUT2D eigenvalue weighted by molar-refractivity contribution is 6.10. The normalized spacial score (nSPS) is 29.0. The van der Waals surface area contributed by atoms with Crippen molar-refractivity contribution in [1.29, 1.82) is 0 Å². The standard InChI is InChI=1S/C36H48N2O5/c1-24-5-4-17-35(2)32(14-18-36(35,42)23-38-19-15-27(16-20-38)34(37)41)30-13-7-25(21-28(39)10-6-24)22-31(30)33(40)26-8-11-29(43-3)12-9-26/h5,7-9,11-13,22,27-28,32,39,42H,4,6,10,14-21,23H2,1-3H3,(H2,37,41). The minimum atomic E-state index is -0.953. The summed E-state index contributed by atoms with van der Waals surface area (Å²) in [5.41, 5.74) is 8.57. The predicted octanol–water partition coefficient (Wildman–Crippen LogP) is 5.16. The average molecular weight is 589 g/mol. The Balaban J connectivity index is 1.54. The summed E-state index contributed by atoms with van der Waals surface area (Å²) in [5, 5.41) is 23.4. The van der Waals surface area contributed by atoms with Crippen LogP contribution >= 0.6 is 0 Å². The van der Waals surface area contributed by atoms with Crippen LogP contribution in [0.15, 0.2) is 54.1 Å². The van der Waals surface area contributed by atoms with Crippen LogP contribution in [0.3, 0.4) is 0 Å². The number of primary amides is 1. The Morgan fingerprint density at radius 2 is 1.77 bits per heavy atom. The van der Waals surface area contributed by atoms with E-state index in [-0.39, 0.29) is 23.5 Å². The first-order valence-corrected chi connectivity index (χ1v) is 15.9. The number of aliphatic hydroxyl groups excluding tert-OH is 1. The molecule has 6 rings (SSSR count). The molecule has 1 amide bonds. The highest BCUT2D eigenvalue weighted by atomic mass is 16.5. The van der Waals surface area contributed by atoms with Crippen molar-refractivity contribution in [3.63, 3.8) is 0 Å². The molecule has 2 aromatic carbocycles. The fourth-order valence-corrected chi connectivity index (χ4v) is 7.84. The van der Waals surface area contributed by atoms with Gasteiger partial charge < -0.3 is 25.6 Å². The third-order valence-electron chi connectivity index (χ3n) is 10.7. The first-order chi connectivity index (χ1) is 20.5. The molecule has 1 saturated carbocycles. The summed E-state index contributed by atoms with van der Waals surface area (Å²) in [6.45, 7) is 6.37. The van der Waals surface area contributed by atoms with Crippen LogP contribution in [0.5, 0.6) is 5.75 Å². The van der Waals surface area contributed by atoms with Crippen LogP contribution in [0, 0.1) is 11.3 Å². The fourth-order valence-electron chi connectivity index (χ4n) is 7.84. The van der Waals surface area contributed by atoms with Gasteiger partial charge in [-0.2, -0.15) is 0 Å². The Labute approximate surface area is 256 Å². The number of ether oxygens (including phenoxy) is 1. The zero-order valence-electron chi connectivity index (χ0n) is 26.0. The quantitative estimate of drug-likeness (QED) is 0.317. The Bertz CT molecular complexity index is 1350. The van der Waals surface area contributed by atoms with Gasteiger partial charge in [0.1, 0.15) is 5.75 Å². The van der Waals surface area contributed by atoms with Crippen molar-refractivity contribution in [2.45, 2.75) is 89.3 Å². The van der Waals surface area contributed by atoms with Gasteiger partial charge in [0.15, 0.2) is 5.78 Å². The molecule has 7 heteroatoms. The molecule has 0 aromatic heterocycles. The zero-order valence-corrected chi connectivity index (χ0v) is 26.0. The number of methoxy groups -OCH3 is 1. The molecule has 1 heterocycles. The number of fused-ring (bicyclic) bond motifs is 8. The molecule has 232 valence electrons. The number of amides is 1. The van der Waals surface area contributed by atoms with Crippen LogP contribution < -0.4 is 10.5 Å². The molecular formula is C36H48N2O5. The lowest BCUT2D eigenvalue weighted by atomic mass is 9.64. The molecule has 2 bridgehead atoms. The van der Waals surface area contributed by atoms with Gasteiger partial charge in [-0.25, -0.2) is 0 Å². The number of carbonyl (C=O) groups is 2. The number of ketones is 1. The lowest BCUT2D eigenvalue weighted by Crippen LogP contribution is -2.54. The van der Waals surface area contributed by atoms with E-state index in [1.54, 1.807) is 31.4 Å². The summed E-state index contributed by atoms with van der Waals surface area (Å²) in [6, 6.07) is 13.3. The number of nitrogens with two attached hydrogens (primary N) is 1. The van der Waals surface area contributed by atoms with Gasteiger partial charge >= 0.3 is 0 Å². The highest BCUT2D eigenvalue weighted by Gasteiger charge is 2.57. The molecule has 7 nitrogen and oxygen atoms in total. The van der Waals surface area contributed by atoms with E-state index in [9.17, 15) is 19.8 Å². The summed E-state index contributed by atoms with van der Waals surface area (Å²) in [7, 11) is 1.61. The molecule has 2 fully saturated rings. The Kier molecular flexibility index (Phi) is 9.45. The van der Waals surface area contributed by atoms with Gasteiger partial charge in [-0.15, -0.1) is 0 Å². The molecule has 3 aliphatic carbocycles. The molecule has 43 heavy (non-hydrogen) atoms. The van der Waals surface area contributed by atoms with E-state index in [4.69, 9.17) is 10.5 Å². The van der Waals surface area contributed by atoms with Crippen LogP contribution in [0.4, 0.5) is 0 Å². The van der Waals surface area contributed by atoms with Gasteiger partial charge in [0, 0.05) is 29.0 Å². The van der Waals surface area contributed by atoms with E-state index in [1.165, 1.54) is 5.57 Å². The monoisotopic (exact) mass is 588 g/mol. The van der Waals surface area contributed by atoms with Crippen molar-refractivity contribution in [1.82, 2.24) is 4.90 Å². The van der Waals surface area contributed by atoms with Crippen molar-refractivity contribution in [3.05, 3.63) is 76.4 Å². The summed E-state index contributed by atoms with van der Waals surface area (Å²) in [5.74, 6) is 0.296. The number of carbonyl (C=O) groups excluding carboxylic acids is 2. The number of hydrogen-bond acceptors (Lipinski definition) is 6. The Hall–Kier alpha value is -3.00. The number of piperidine rings is 1. The van der Waals surface area contributed by atoms with Crippen LogP contribution in [0.1, 0.15) is 98.2 Å². The molecule has 1 saturated heterocycles. The third kappa shape index (κ3) is 6.59. The number of rotatable bonds is 6. The number of allylic oxidation sites excluding steroid dienone is 2. The summed E-state index contributed by atoms with van der Waals surface area (Å²) in [4.78, 5) is 28.2. The van der Waals surface area contributed by atoms with Crippen LogP contribution in [0.25, 0.3) is 0 Å². The number of likely N-dealkylation sites (tertiary alicyclic amines) is 1. The highest BCUT2D eigenvalue weighted by Crippen LogP contribution is 2.59.